The number of hydrogen-bond donors (Lipinski definition) is 2. The molecule has 3 aromatic rings. The number of halogens is 2. The van der Waals surface area contributed by atoms with Crippen LogP contribution in [0.5, 0.6) is 0 Å². The second kappa shape index (κ2) is 5.54. The molecule has 3 rings (SSSR count). The molecule has 0 saturated carbocycles. The molecule has 0 atom stereocenters. The highest BCUT2D eigenvalue weighted by molar-refractivity contribution is 9.10. The lowest BCUT2D eigenvalue weighted by molar-refractivity contribution is -0.136. The summed E-state index contributed by atoms with van der Waals surface area (Å²) in [5.41, 5.74) is 3.20. The Morgan fingerprint density at radius 1 is 1.24 bits per heavy atom. The van der Waals surface area contributed by atoms with E-state index < -0.39 is 5.97 Å². The summed E-state index contributed by atoms with van der Waals surface area (Å²) >= 11 is 9.67. The Hall–Kier alpha value is -1.78. The van der Waals surface area contributed by atoms with Gasteiger partial charge in [0.25, 0.3) is 0 Å². The molecule has 0 aliphatic heterocycles. The topological polar surface area (TPSA) is 53.1 Å². The van der Waals surface area contributed by atoms with Crippen LogP contribution in [0.15, 0.2) is 46.9 Å². The smallest absolute Gasteiger partial charge is 0.307 e. The molecular formula is C16H11BrClNO2. The van der Waals surface area contributed by atoms with Crippen LogP contribution in [0.25, 0.3) is 22.2 Å². The molecule has 0 amide bonds. The monoisotopic (exact) mass is 363 g/mol. The third-order valence-electron chi connectivity index (χ3n) is 3.34. The van der Waals surface area contributed by atoms with Gasteiger partial charge in [0, 0.05) is 26.0 Å². The molecule has 1 aromatic heterocycles. The van der Waals surface area contributed by atoms with Crippen molar-refractivity contribution in [3.05, 3.63) is 57.5 Å². The molecule has 1 heterocycles. The minimum absolute atomic E-state index is 0.0585. The Kier molecular flexibility index (Phi) is 3.74. The van der Waals surface area contributed by atoms with Gasteiger partial charge >= 0.3 is 5.97 Å². The molecule has 0 bridgehead atoms. The summed E-state index contributed by atoms with van der Waals surface area (Å²) in [6.45, 7) is 0. The largest absolute Gasteiger partial charge is 0.481 e. The van der Waals surface area contributed by atoms with Crippen LogP contribution in [0.3, 0.4) is 0 Å². The number of fused-ring (bicyclic) bond motifs is 1. The van der Waals surface area contributed by atoms with E-state index in [1.165, 1.54) is 0 Å². The van der Waals surface area contributed by atoms with Crippen LogP contribution >= 0.6 is 27.5 Å². The zero-order valence-corrected chi connectivity index (χ0v) is 13.2. The number of H-pyrrole nitrogens is 1. The number of benzene rings is 2. The standard InChI is InChI=1S/C16H11BrClNO2/c17-9-5-6-14-11(7-9)12(8-15(20)21)16(19-14)10-3-1-2-4-13(10)18/h1-7,19H,8H2,(H,20,21). The molecule has 0 spiro atoms. The van der Waals surface area contributed by atoms with E-state index in [-0.39, 0.29) is 6.42 Å². The van der Waals surface area contributed by atoms with Gasteiger partial charge in [0.1, 0.15) is 0 Å². The number of aromatic nitrogens is 1. The van der Waals surface area contributed by atoms with Crippen LogP contribution in [0.4, 0.5) is 0 Å². The van der Waals surface area contributed by atoms with Crippen LogP contribution in [-0.2, 0) is 11.2 Å². The lowest BCUT2D eigenvalue weighted by atomic mass is 10.0. The van der Waals surface area contributed by atoms with Crippen molar-refractivity contribution in [1.82, 2.24) is 4.98 Å². The average Bonchev–Trinajstić information content (AvgIpc) is 2.77. The van der Waals surface area contributed by atoms with E-state index in [0.717, 1.165) is 32.2 Å². The Morgan fingerprint density at radius 2 is 2.00 bits per heavy atom. The highest BCUT2D eigenvalue weighted by Crippen LogP contribution is 2.35. The third-order valence-corrected chi connectivity index (χ3v) is 4.16. The predicted molar refractivity (Wildman–Crippen MR) is 87.8 cm³/mol. The maximum atomic E-state index is 11.2. The van der Waals surface area contributed by atoms with Gasteiger partial charge in [-0.05, 0) is 29.8 Å². The Bertz CT molecular complexity index is 841. The first-order chi connectivity index (χ1) is 10.1. The third kappa shape index (κ3) is 2.69. The Morgan fingerprint density at radius 3 is 2.71 bits per heavy atom. The van der Waals surface area contributed by atoms with Crippen molar-refractivity contribution in [3.63, 3.8) is 0 Å². The summed E-state index contributed by atoms with van der Waals surface area (Å²) < 4.78 is 0.909. The molecule has 0 radical (unpaired) electrons. The molecule has 2 aromatic carbocycles. The number of nitrogens with one attached hydrogen (secondary N) is 1. The molecular weight excluding hydrogens is 354 g/mol. The molecule has 0 aliphatic rings. The van der Waals surface area contributed by atoms with E-state index in [2.05, 4.69) is 20.9 Å². The van der Waals surface area contributed by atoms with Crippen molar-refractivity contribution in [1.29, 1.82) is 0 Å². The minimum Gasteiger partial charge on any atom is -0.481 e. The Labute approximate surface area is 134 Å². The number of carboxylic acid groups (broad SMARTS) is 1. The van der Waals surface area contributed by atoms with Gasteiger partial charge in [0.2, 0.25) is 0 Å². The van der Waals surface area contributed by atoms with Crippen molar-refractivity contribution in [3.8, 4) is 11.3 Å². The number of carboxylic acids is 1. The number of carbonyl (C=O) groups is 1. The summed E-state index contributed by atoms with van der Waals surface area (Å²) in [6.07, 6.45) is -0.0585. The summed E-state index contributed by atoms with van der Waals surface area (Å²) in [7, 11) is 0. The zero-order chi connectivity index (χ0) is 15.0. The van der Waals surface area contributed by atoms with Gasteiger partial charge in [0.15, 0.2) is 0 Å². The van der Waals surface area contributed by atoms with Gasteiger partial charge in [0.05, 0.1) is 12.1 Å². The fraction of sp³-hybridized carbons (Fsp3) is 0.0625. The molecule has 5 heteroatoms. The highest BCUT2D eigenvalue weighted by atomic mass is 79.9. The van der Waals surface area contributed by atoms with Crippen LogP contribution in [-0.4, -0.2) is 16.1 Å². The first-order valence-corrected chi connectivity index (χ1v) is 7.50. The molecule has 0 saturated heterocycles. The van der Waals surface area contributed by atoms with Crippen molar-refractivity contribution < 1.29 is 9.90 Å². The summed E-state index contributed by atoms with van der Waals surface area (Å²) in [5.74, 6) is -0.871. The van der Waals surface area contributed by atoms with Crippen LogP contribution in [0, 0.1) is 0 Å². The zero-order valence-electron chi connectivity index (χ0n) is 10.9. The second-order valence-corrected chi connectivity index (χ2v) is 6.04. The van der Waals surface area contributed by atoms with Crippen LogP contribution in [0.2, 0.25) is 5.02 Å². The van der Waals surface area contributed by atoms with E-state index in [0.29, 0.717) is 5.02 Å². The normalized spacial score (nSPS) is 11.0. The molecule has 3 nitrogen and oxygen atoms in total. The molecule has 106 valence electrons. The van der Waals surface area contributed by atoms with Crippen LogP contribution in [0.1, 0.15) is 5.56 Å². The van der Waals surface area contributed by atoms with Gasteiger partial charge in [-0.15, -0.1) is 0 Å². The number of aliphatic carboxylic acids is 1. The molecule has 0 aliphatic carbocycles. The fourth-order valence-corrected chi connectivity index (χ4v) is 3.04. The maximum Gasteiger partial charge on any atom is 0.307 e. The van der Waals surface area contributed by atoms with Gasteiger partial charge in [-0.25, -0.2) is 0 Å². The average molecular weight is 365 g/mol. The van der Waals surface area contributed by atoms with Gasteiger partial charge in [-0.2, -0.15) is 0 Å². The van der Waals surface area contributed by atoms with Gasteiger partial charge in [-0.1, -0.05) is 45.7 Å². The van der Waals surface area contributed by atoms with Crippen molar-refractivity contribution in [2.45, 2.75) is 6.42 Å². The minimum atomic E-state index is -0.871. The van der Waals surface area contributed by atoms with Gasteiger partial charge < -0.3 is 10.1 Å². The van der Waals surface area contributed by atoms with Crippen molar-refractivity contribution in [2.24, 2.45) is 0 Å². The van der Waals surface area contributed by atoms with E-state index in [1.807, 2.05) is 36.4 Å². The van der Waals surface area contributed by atoms with E-state index >= 15 is 0 Å². The molecule has 0 fully saturated rings. The predicted octanol–water partition coefficient (Wildman–Crippen LogP) is 4.88. The molecule has 0 unspecified atom stereocenters. The first-order valence-electron chi connectivity index (χ1n) is 6.33. The fourth-order valence-electron chi connectivity index (χ4n) is 2.45. The lowest BCUT2D eigenvalue weighted by Crippen LogP contribution is -2.01. The number of rotatable bonds is 3. The number of hydrogen-bond acceptors (Lipinski definition) is 1. The van der Waals surface area contributed by atoms with E-state index in [9.17, 15) is 9.90 Å². The second-order valence-electron chi connectivity index (χ2n) is 4.72. The number of aromatic amines is 1. The van der Waals surface area contributed by atoms with E-state index in [1.54, 1.807) is 6.07 Å². The highest BCUT2D eigenvalue weighted by Gasteiger charge is 2.17. The van der Waals surface area contributed by atoms with Gasteiger partial charge in [-0.3, -0.25) is 4.79 Å². The molecule has 2 N–H and O–H groups in total. The Balaban J connectivity index is 2.31. The SMILES string of the molecule is O=C(O)Cc1c(-c2ccccc2Cl)[nH]c2ccc(Br)cc12. The summed E-state index contributed by atoms with van der Waals surface area (Å²) in [5, 5.41) is 10.7. The van der Waals surface area contributed by atoms with E-state index in [4.69, 9.17) is 11.6 Å². The maximum absolute atomic E-state index is 11.2. The molecule has 21 heavy (non-hydrogen) atoms. The van der Waals surface area contributed by atoms with Crippen molar-refractivity contribution in [2.75, 3.05) is 0 Å². The lowest BCUT2D eigenvalue weighted by Gasteiger charge is -2.05. The summed E-state index contributed by atoms with van der Waals surface area (Å²) in [6, 6.07) is 13.2. The van der Waals surface area contributed by atoms with Crippen LogP contribution < -0.4 is 0 Å². The van der Waals surface area contributed by atoms with Crippen molar-refractivity contribution >= 4 is 44.4 Å². The first kappa shape index (κ1) is 14.2. The quantitative estimate of drug-likeness (QED) is 0.696. The summed E-state index contributed by atoms with van der Waals surface area (Å²) in [4.78, 5) is 14.5.